The van der Waals surface area contributed by atoms with Gasteiger partial charge in [-0.15, -0.1) is 0 Å². The van der Waals surface area contributed by atoms with Crippen molar-refractivity contribution in [3.63, 3.8) is 0 Å². The molecule has 7 heteroatoms. The van der Waals surface area contributed by atoms with Crippen LogP contribution in [0, 0.1) is 0 Å². The number of carbonyl (C=O) groups is 1. The molecule has 2 rings (SSSR count). The molecule has 0 bridgehead atoms. The van der Waals surface area contributed by atoms with Crippen LogP contribution in [-0.2, 0) is 9.84 Å². The Kier molecular flexibility index (Phi) is 3.86. The predicted molar refractivity (Wildman–Crippen MR) is 77.4 cm³/mol. The molecule has 110 valence electrons. The van der Waals surface area contributed by atoms with Crippen molar-refractivity contribution in [2.45, 2.75) is 4.90 Å². The molecule has 0 aliphatic carbocycles. The Bertz CT molecular complexity index is 799. The summed E-state index contributed by atoms with van der Waals surface area (Å²) in [7, 11) is -3.33. The number of hydrogen-bond donors (Lipinski definition) is 2. The molecule has 0 heterocycles. The summed E-state index contributed by atoms with van der Waals surface area (Å²) in [5, 5.41) is 8.88. The Balaban J connectivity index is 2.31. The van der Waals surface area contributed by atoms with E-state index in [4.69, 9.17) is 15.6 Å². The van der Waals surface area contributed by atoms with Gasteiger partial charge in [-0.25, -0.2) is 13.2 Å². The molecule has 0 saturated heterocycles. The number of nitrogens with two attached hydrogens (primary N) is 1. The molecule has 2 aromatic rings. The van der Waals surface area contributed by atoms with Crippen LogP contribution in [0.25, 0.3) is 0 Å². The summed E-state index contributed by atoms with van der Waals surface area (Å²) in [6, 6.07) is 10.1. The lowest BCUT2D eigenvalue weighted by atomic mass is 10.2. The van der Waals surface area contributed by atoms with Gasteiger partial charge in [0.25, 0.3) is 0 Å². The highest BCUT2D eigenvalue weighted by molar-refractivity contribution is 7.90. The summed E-state index contributed by atoms with van der Waals surface area (Å²) in [5.41, 5.74) is 5.67. The van der Waals surface area contributed by atoms with E-state index in [1.165, 1.54) is 30.3 Å². The van der Waals surface area contributed by atoms with Crippen LogP contribution in [0.15, 0.2) is 47.4 Å². The second kappa shape index (κ2) is 5.45. The van der Waals surface area contributed by atoms with Crippen LogP contribution in [0.4, 0.5) is 5.69 Å². The molecule has 0 aliphatic rings. The number of anilines is 1. The van der Waals surface area contributed by atoms with Crippen LogP contribution in [0.5, 0.6) is 11.5 Å². The van der Waals surface area contributed by atoms with Gasteiger partial charge in [-0.2, -0.15) is 0 Å². The fraction of sp³-hybridized carbons (Fsp3) is 0.0714. The molecule has 0 aromatic heterocycles. The van der Waals surface area contributed by atoms with E-state index in [2.05, 4.69) is 0 Å². The van der Waals surface area contributed by atoms with Crippen LogP contribution in [0.2, 0.25) is 0 Å². The molecule has 0 saturated carbocycles. The molecular formula is C14H13NO5S. The molecular weight excluding hydrogens is 294 g/mol. The lowest BCUT2D eigenvalue weighted by molar-refractivity contribution is 0.0698. The largest absolute Gasteiger partial charge is 0.478 e. The lowest BCUT2D eigenvalue weighted by Gasteiger charge is -2.09. The second-order valence-corrected chi connectivity index (χ2v) is 6.42. The van der Waals surface area contributed by atoms with Crippen LogP contribution in [-0.4, -0.2) is 25.7 Å². The molecule has 0 fully saturated rings. The van der Waals surface area contributed by atoms with E-state index >= 15 is 0 Å². The maximum Gasteiger partial charge on any atom is 0.337 e. The molecule has 3 N–H and O–H groups in total. The highest BCUT2D eigenvalue weighted by Crippen LogP contribution is 2.27. The van der Waals surface area contributed by atoms with Crippen LogP contribution in [0.1, 0.15) is 10.4 Å². The summed E-state index contributed by atoms with van der Waals surface area (Å²) in [6.45, 7) is 0. The summed E-state index contributed by atoms with van der Waals surface area (Å²) in [5.74, 6) is -0.485. The van der Waals surface area contributed by atoms with Crippen molar-refractivity contribution < 1.29 is 23.1 Å². The van der Waals surface area contributed by atoms with E-state index in [0.29, 0.717) is 11.5 Å². The first kappa shape index (κ1) is 14.9. The van der Waals surface area contributed by atoms with Gasteiger partial charge in [0.1, 0.15) is 11.5 Å². The number of rotatable bonds is 4. The first-order chi connectivity index (χ1) is 9.77. The summed E-state index contributed by atoms with van der Waals surface area (Å²) in [4.78, 5) is 11.0. The Hall–Kier alpha value is -2.54. The van der Waals surface area contributed by atoms with E-state index in [0.717, 1.165) is 6.26 Å². The van der Waals surface area contributed by atoms with E-state index in [1.807, 2.05) is 0 Å². The van der Waals surface area contributed by atoms with Gasteiger partial charge < -0.3 is 15.6 Å². The summed E-state index contributed by atoms with van der Waals surface area (Å²) in [6.07, 6.45) is 1.10. The number of benzene rings is 2. The minimum absolute atomic E-state index is 0.0211. The molecule has 0 aliphatic heterocycles. The van der Waals surface area contributed by atoms with Gasteiger partial charge in [-0.1, -0.05) is 6.07 Å². The normalized spacial score (nSPS) is 11.1. The minimum Gasteiger partial charge on any atom is -0.478 e. The molecule has 21 heavy (non-hydrogen) atoms. The molecule has 0 amide bonds. The SMILES string of the molecule is CS(=O)(=O)c1cccc(Oc2ccc(C(=O)O)c(N)c2)c1. The van der Waals surface area contributed by atoms with Crippen molar-refractivity contribution in [2.75, 3.05) is 12.0 Å². The fourth-order valence-electron chi connectivity index (χ4n) is 1.70. The lowest BCUT2D eigenvalue weighted by Crippen LogP contribution is -2.02. The summed E-state index contributed by atoms with van der Waals surface area (Å²) >= 11 is 0. The van der Waals surface area contributed by atoms with Gasteiger partial charge in [0.05, 0.1) is 10.5 Å². The van der Waals surface area contributed by atoms with Crippen molar-refractivity contribution in [3.05, 3.63) is 48.0 Å². The van der Waals surface area contributed by atoms with E-state index in [9.17, 15) is 13.2 Å². The molecule has 0 atom stereocenters. The Morgan fingerprint density at radius 1 is 1.14 bits per heavy atom. The van der Waals surface area contributed by atoms with Crippen LogP contribution in [0.3, 0.4) is 0 Å². The topological polar surface area (TPSA) is 107 Å². The van der Waals surface area contributed by atoms with E-state index < -0.39 is 15.8 Å². The molecule has 0 unspecified atom stereocenters. The zero-order valence-electron chi connectivity index (χ0n) is 11.1. The van der Waals surface area contributed by atoms with Gasteiger partial charge in [-0.3, -0.25) is 0 Å². The minimum atomic E-state index is -3.33. The van der Waals surface area contributed by atoms with Crippen molar-refractivity contribution in [1.82, 2.24) is 0 Å². The van der Waals surface area contributed by atoms with Crippen molar-refractivity contribution in [1.29, 1.82) is 0 Å². The van der Waals surface area contributed by atoms with E-state index in [-0.39, 0.29) is 16.1 Å². The number of carboxylic acids is 1. The Morgan fingerprint density at radius 2 is 1.81 bits per heavy atom. The molecule has 2 aromatic carbocycles. The quantitative estimate of drug-likeness (QED) is 0.838. The maximum absolute atomic E-state index is 11.5. The van der Waals surface area contributed by atoms with Gasteiger partial charge in [0.2, 0.25) is 0 Å². The van der Waals surface area contributed by atoms with Crippen molar-refractivity contribution >= 4 is 21.5 Å². The fourth-order valence-corrected chi connectivity index (χ4v) is 2.36. The van der Waals surface area contributed by atoms with Crippen LogP contribution < -0.4 is 10.5 Å². The second-order valence-electron chi connectivity index (χ2n) is 4.40. The molecule has 0 radical (unpaired) electrons. The maximum atomic E-state index is 11.5. The van der Waals surface area contributed by atoms with E-state index in [1.54, 1.807) is 12.1 Å². The molecule has 0 spiro atoms. The highest BCUT2D eigenvalue weighted by Gasteiger charge is 2.11. The zero-order chi connectivity index (χ0) is 15.6. The smallest absolute Gasteiger partial charge is 0.337 e. The average Bonchev–Trinajstić information content (AvgIpc) is 2.37. The summed E-state index contributed by atoms with van der Waals surface area (Å²) < 4.78 is 28.4. The zero-order valence-corrected chi connectivity index (χ0v) is 11.9. The Labute approximate surface area is 121 Å². The van der Waals surface area contributed by atoms with Crippen molar-refractivity contribution in [3.8, 4) is 11.5 Å². The third-order valence-electron chi connectivity index (χ3n) is 2.72. The van der Waals surface area contributed by atoms with Gasteiger partial charge >= 0.3 is 5.97 Å². The number of carboxylic acid groups (broad SMARTS) is 1. The van der Waals surface area contributed by atoms with Gasteiger partial charge in [-0.05, 0) is 30.3 Å². The first-order valence-electron chi connectivity index (χ1n) is 5.88. The van der Waals surface area contributed by atoms with Gasteiger partial charge in [0, 0.05) is 18.0 Å². The highest BCUT2D eigenvalue weighted by atomic mass is 32.2. The predicted octanol–water partition coefficient (Wildman–Crippen LogP) is 2.16. The number of ether oxygens (including phenoxy) is 1. The third kappa shape index (κ3) is 3.51. The van der Waals surface area contributed by atoms with Gasteiger partial charge in [0.15, 0.2) is 9.84 Å². The average molecular weight is 307 g/mol. The molecule has 6 nitrogen and oxygen atoms in total. The number of hydrogen-bond acceptors (Lipinski definition) is 5. The third-order valence-corrected chi connectivity index (χ3v) is 3.83. The number of nitrogen functional groups attached to an aromatic ring is 1. The number of sulfone groups is 1. The van der Waals surface area contributed by atoms with Crippen LogP contribution >= 0.6 is 0 Å². The standard InChI is InChI=1S/C14H13NO5S/c1-21(18,19)11-4-2-3-9(7-11)20-10-5-6-12(14(16)17)13(15)8-10/h2-8H,15H2,1H3,(H,16,17). The first-order valence-corrected chi connectivity index (χ1v) is 7.77. The number of aromatic carboxylic acids is 1. The van der Waals surface area contributed by atoms with Crippen molar-refractivity contribution in [2.24, 2.45) is 0 Å². The Morgan fingerprint density at radius 3 is 2.38 bits per heavy atom. The monoisotopic (exact) mass is 307 g/mol.